The van der Waals surface area contributed by atoms with Crippen LogP contribution in [0.1, 0.15) is 12.8 Å². The van der Waals surface area contributed by atoms with E-state index < -0.39 is 0 Å². The normalized spacial score (nSPS) is 40.0. The monoisotopic (exact) mass is 125 g/mol. The highest BCUT2D eigenvalue weighted by molar-refractivity contribution is 5.60. The van der Waals surface area contributed by atoms with Gasteiger partial charge in [0.15, 0.2) is 5.60 Å². The maximum atomic E-state index is 5.15. The molecular weight excluding hydrogens is 116 g/mol. The van der Waals surface area contributed by atoms with E-state index in [-0.39, 0.29) is 5.60 Å². The van der Waals surface area contributed by atoms with Gasteiger partial charge in [0.2, 0.25) is 0 Å². The third-order valence-electron chi connectivity index (χ3n) is 1.80. The molecule has 2 aliphatic heterocycles. The third kappa shape index (κ3) is 0.721. The van der Waals surface area contributed by atoms with E-state index in [9.17, 15) is 0 Å². The Labute approximate surface area is 54.1 Å². The second kappa shape index (κ2) is 1.70. The fourth-order valence-electron chi connectivity index (χ4n) is 1.22. The van der Waals surface area contributed by atoms with Crippen LogP contribution >= 0.6 is 0 Å². The summed E-state index contributed by atoms with van der Waals surface area (Å²) in [7, 11) is 0. The van der Waals surface area contributed by atoms with Gasteiger partial charge in [0, 0.05) is 19.1 Å². The van der Waals surface area contributed by atoms with Crippen molar-refractivity contribution >= 4 is 6.21 Å². The van der Waals surface area contributed by atoms with Crippen molar-refractivity contribution in [3.8, 4) is 0 Å². The summed E-state index contributed by atoms with van der Waals surface area (Å²) in [5.41, 5.74) is -0.0694. The minimum atomic E-state index is -0.0694. The lowest BCUT2D eigenvalue weighted by atomic mass is 10.0. The molecule has 49 valence electrons. The number of nitrogens with zero attached hydrogens (tertiary/aromatic N) is 1. The highest BCUT2D eigenvalue weighted by Crippen LogP contribution is 2.29. The Balaban J connectivity index is 2.07. The van der Waals surface area contributed by atoms with Crippen molar-refractivity contribution < 1.29 is 4.84 Å². The van der Waals surface area contributed by atoms with Gasteiger partial charge in [0.25, 0.3) is 0 Å². The van der Waals surface area contributed by atoms with E-state index in [1.165, 1.54) is 0 Å². The van der Waals surface area contributed by atoms with Crippen LogP contribution < -0.4 is 5.32 Å². The van der Waals surface area contributed by atoms with E-state index >= 15 is 0 Å². The smallest absolute Gasteiger partial charge is 0.160 e. The largest absolute Gasteiger partial charge is 0.387 e. The molecule has 1 spiro atoms. The molecule has 1 N–H and O–H groups in total. The number of hydrogen-bond acceptors (Lipinski definition) is 3. The fourth-order valence-corrected chi connectivity index (χ4v) is 1.22. The lowest BCUT2D eigenvalue weighted by Crippen LogP contribution is -2.25. The van der Waals surface area contributed by atoms with Gasteiger partial charge in [-0.25, -0.2) is 0 Å². The van der Waals surface area contributed by atoms with Gasteiger partial charge in [-0.05, 0) is 6.54 Å². The molecule has 2 rings (SSSR count). The van der Waals surface area contributed by atoms with Crippen LogP contribution in [0.3, 0.4) is 0 Å². The lowest BCUT2D eigenvalue weighted by molar-refractivity contribution is 0.0145. The van der Waals surface area contributed by atoms with Crippen molar-refractivity contribution in [1.29, 1.82) is 0 Å². The summed E-state index contributed by atoms with van der Waals surface area (Å²) in [4.78, 5) is 5.15. The quantitative estimate of drug-likeness (QED) is 0.504. The van der Waals surface area contributed by atoms with Crippen molar-refractivity contribution in [1.82, 2.24) is 5.32 Å². The minimum absolute atomic E-state index is 0.0694. The zero-order valence-electron chi connectivity index (χ0n) is 5.13. The average molecular weight is 125 g/mol. The van der Waals surface area contributed by atoms with Gasteiger partial charge in [-0.3, -0.25) is 0 Å². The molecule has 1 radical (unpaired) electrons. The summed E-state index contributed by atoms with van der Waals surface area (Å²) in [6.45, 7) is 3.02. The molecule has 0 amide bonds. The summed E-state index contributed by atoms with van der Waals surface area (Å²) < 4.78 is 0. The second-order valence-electron chi connectivity index (χ2n) is 2.50. The molecule has 2 aliphatic rings. The van der Waals surface area contributed by atoms with E-state index in [0.717, 1.165) is 19.4 Å². The molecule has 3 nitrogen and oxygen atoms in total. The van der Waals surface area contributed by atoms with E-state index in [1.54, 1.807) is 0 Å². The number of hydrogen-bond donors (Lipinski definition) is 1. The molecule has 1 fully saturated rings. The van der Waals surface area contributed by atoms with Crippen LogP contribution in [0.4, 0.5) is 0 Å². The standard InChI is InChI=1S/C6H9N2O/c1-3-7-5-6(1)2-4-8-9-6/h4-5,7H,1-3H2. The van der Waals surface area contributed by atoms with Gasteiger partial charge in [-0.1, -0.05) is 5.16 Å². The van der Waals surface area contributed by atoms with E-state index in [2.05, 4.69) is 10.5 Å². The minimum Gasteiger partial charge on any atom is -0.387 e. The molecule has 2 heterocycles. The van der Waals surface area contributed by atoms with E-state index in [0.29, 0.717) is 0 Å². The zero-order chi connectivity index (χ0) is 6.16. The first kappa shape index (κ1) is 5.23. The number of oxime groups is 1. The van der Waals surface area contributed by atoms with Crippen LogP contribution in [0, 0.1) is 6.54 Å². The maximum Gasteiger partial charge on any atom is 0.160 e. The molecule has 0 aromatic heterocycles. The molecule has 1 unspecified atom stereocenters. The summed E-state index contributed by atoms with van der Waals surface area (Å²) in [6, 6.07) is 0. The van der Waals surface area contributed by atoms with Gasteiger partial charge >= 0.3 is 0 Å². The van der Waals surface area contributed by atoms with E-state index in [4.69, 9.17) is 4.84 Å². The molecular formula is C6H9N2O. The molecule has 1 atom stereocenters. The Morgan fingerprint density at radius 3 is 3.22 bits per heavy atom. The Morgan fingerprint density at radius 2 is 2.67 bits per heavy atom. The number of nitrogens with one attached hydrogen (secondary N) is 1. The maximum absolute atomic E-state index is 5.15. The van der Waals surface area contributed by atoms with Gasteiger partial charge < -0.3 is 10.2 Å². The molecule has 0 bridgehead atoms. The van der Waals surface area contributed by atoms with Crippen LogP contribution in [-0.2, 0) is 4.84 Å². The first-order chi connectivity index (χ1) is 4.41. The van der Waals surface area contributed by atoms with Crippen LogP contribution in [-0.4, -0.2) is 18.4 Å². The summed E-state index contributed by atoms with van der Waals surface area (Å²) in [5.74, 6) is 0. The van der Waals surface area contributed by atoms with Crippen LogP contribution in [0.2, 0.25) is 0 Å². The fraction of sp³-hybridized carbons (Fsp3) is 0.667. The summed E-state index contributed by atoms with van der Waals surface area (Å²) in [5, 5.41) is 6.85. The molecule has 1 saturated heterocycles. The average Bonchev–Trinajstić information content (AvgIpc) is 2.45. The second-order valence-corrected chi connectivity index (χ2v) is 2.50. The summed E-state index contributed by atoms with van der Waals surface area (Å²) in [6.07, 6.45) is 3.80. The Morgan fingerprint density at radius 1 is 1.67 bits per heavy atom. The third-order valence-corrected chi connectivity index (χ3v) is 1.80. The number of rotatable bonds is 0. The highest BCUT2D eigenvalue weighted by atomic mass is 16.7. The zero-order valence-corrected chi connectivity index (χ0v) is 5.13. The van der Waals surface area contributed by atoms with Crippen molar-refractivity contribution in [2.75, 3.05) is 6.54 Å². The van der Waals surface area contributed by atoms with Crippen molar-refractivity contribution in [2.45, 2.75) is 18.4 Å². The topological polar surface area (TPSA) is 33.6 Å². The highest BCUT2D eigenvalue weighted by Gasteiger charge is 2.38. The van der Waals surface area contributed by atoms with Crippen LogP contribution in [0.25, 0.3) is 0 Å². The molecule has 0 aromatic rings. The predicted octanol–water partition coefficient (Wildman–Crippen LogP) is 0.286. The molecule has 0 saturated carbocycles. The lowest BCUT2D eigenvalue weighted by Gasteiger charge is -2.16. The van der Waals surface area contributed by atoms with Crippen molar-refractivity contribution in [2.24, 2.45) is 5.16 Å². The van der Waals surface area contributed by atoms with Crippen molar-refractivity contribution in [3.63, 3.8) is 0 Å². The first-order valence-corrected chi connectivity index (χ1v) is 3.19. The predicted molar refractivity (Wildman–Crippen MR) is 33.8 cm³/mol. The molecule has 0 aliphatic carbocycles. The van der Waals surface area contributed by atoms with Gasteiger partial charge in [-0.2, -0.15) is 0 Å². The first-order valence-electron chi connectivity index (χ1n) is 3.19. The van der Waals surface area contributed by atoms with Crippen molar-refractivity contribution in [3.05, 3.63) is 6.54 Å². The Hall–Kier alpha value is -0.570. The van der Waals surface area contributed by atoms with Crippen LogP contribution in [0.15, 0.2) is 5.16 Å². The Bertz CT molecular complexity index is 128. The summed E-state index contributed by atoms with van der Waals surface area (Å²) >= 11 is 0. The SMILES string of the molecule is [CH]1NCCC12CC=NO2. The van der Waals surface area contributed by atoms with E-state index in [1.807, 2.05) is 12.8 Å². The Kier molecular flexibility index (Phi) is 0.990. The van der Waals surface area contributed by atoms with Crippen LogP contribution in [0.5, 0.6) is 0 Å². The van der Waals surface area contributed by atoms with Gasteiger partial charge in [-0.15, -0.1) is 0 Å². The molecule has 0 aromatic carbocycles. The molecule has 9 heavy (non-hydrogen) atoms. The molecule has 3 heteroatoms. The van der Waals surface area contributed by atoms with Gasteiger partial charge in [0.1, 0.15) is 0 Å². The van der Waals surface area contributed by atoms with Gasteiger partial charge in [0.05, 0.1) is 6.54 Å².